The van der Waals surface area contributed by atoms with E-state index in [1.54, 1.807) is 7.11 Å². The lowest BCUT2D eigenvalue weighted by molar-refractivity contribution is 0.0468. The Labute approximate surface area is 108 Å². The van der Waals surface area contributed by atoms with Crippen molar-refractivity contribution in [2.24, 2.45) is 0 Å². The third-order valence-corrected chi connectivity index (χ3v) is 2.23. The lowest BCUT2D eigenvalue weighted by Gasteiger charge is -2.23. The first kappa shape index (κ1) is 14.5. The molecule has 0 aliphatic rings. The van der Waals surface area contributed by atoms with Gasteiger partial charge in [-0.2, -0.15) is 0 Å². The standard InChI is InChI=1S/C14H21NO3/c1-14(2,3)18-13(16)15-12(10-17-4)11-8-6-5-7-9-11/h5-9,12H,10H2,1-4H3,(H,15,16). The zero-order valence-electron chi connectivity index (χ0n) is 11.4. The van der Waals surface area contributed by atoms with E-state index in [4.69, 9.17) is 9.47 Å². The quantitative estimate of drug-likeness (QED) is 0.895. The minimum atomic E-state index is -0.502. The van der Waals surface area contributed by atoms with Gasteiger partial charge < -0.3 is 14.8 Å². The molecule has 0 aromatic heterocycles. The second-order valence-electron chi connectivity index (χ2n) is 5.06. The smallest absolute Gasteiger partial charge is 0.408 e. The van der Waals surface area contributed by atoms with Crippen molar-refractivity contribution in [3.63, 3.8) is 0 Å². The molecule has 1 atom stereocenters. The van der Waals surface area contributed by atoms with Crippen LogP contribution < -0.4 is 5.32 Å². The highest BCUT2D eigenvalue weighted by atomic mass is 16.6. The van der Waals surface area contributed by atoms with Crippen LogP contribution in [0.5, 0.6) is 0 Å². The van der Waals surface area contributed by atoms with Gasteiger partial charge in [-0.1, -0.05) is 30.3 Å². The van der Waals surface area contributed by atoms with E-state index >= 15 is 0 Å². The van der Waals surface area contributed by atoms with Crippen molar-refractivity contribution in [2.45, 2.75) is 32.4 Å². The summed E-state index contributed by atoms with van der Waals surface area (Å²) in [5, 5.41) is 2.80. The van der Waals surface area contributed by atoms with Crippen LogP contribution in [0.25, 0.3) is 0 Å². The molecule has 0 fully saturated rings. The van der Waals surface area contributed by atoms with Crippen LogP contribution in [0.1, 0.15) is 32.4 Å². The lowest BCUT2D eigenvalue weighted by atomic mass is 10.1. The SMILES string of the molecule is COCC(NC(=O)OC(C)(C)C)c1ccccc1. The van der Waals surface area contributed by atoms with Crippen molar-refractivity contribution in [3.8, 4) is 0 Å². The Morgan fingerprint density at radius 3 is 2.39 bits per heavy atom. The topological polar surface area (TPSA) is 47.6 Å². The summed E-state index contributed by atoms with van der Waals surface area (Å²) in [5.74, 6) is 0. The molecule has 1 aromatic carbocycles. The molecule has 0 aliphatic heterocycles. The van der Waals surface area contributed by atoms with Crippen molar-refractivity contribution in [2.75, 3.05) is 13.7 Å². The van der Waals surface area contributed by atoms with Crippen LogP contribution in [0.3, 0.4) is 0 Å². The van der Waals surface area contributed by atoms with E-state index in [0.717, 1.165) is 5.56 Å². The fourth-order valence-electron chi connectivity index (χ4n) is 1.52. The zero-order valence-corrected chi connectivity index (χ0v) is 11.4. The van der Waals surface area contributed by atoms with Gasteiger partial charge in [-0.25, -0.2) is 4.79 Å². The Morgan fingerprint density at radius 2 is 1.89 bits per heavy atom. The van der Waals surface area contributed by atoms with Crippen molar-refractivity contribution in [1.82, 2.24) is 5.32 Å². The molecule has 4 nitrogen and oxygen atoms in total. The van der Waals surface area contributed by atoms with E-state index in [1.165, 1.54) is 0 Å². The van der Waals surface area contributed by atoms with E-state index < -0.39 is 11.7 Å². The van der Waals surface area contributed by atoms with Crippen LogP contribution in [0.15, 0.2) is 30.3 Å². The molecule has 18 heavy (non-hydrogen) atoms. The van der Waals surface area contributed by atoms with Crippen molar-refractivity contribution < 1.29 is 14.3 Å². The molecular formula is C14H21NO3. The van der Waals surface area contributed by atoms with Gasteiger partial charge in [0.1, 0.15) is 5.60 Å². The highest BCUT2D eigenvalue weighted by Gasteiger charge is 2.20. The minimum Gasteiger partial charge on any atom is -0.444 e. The molecule has 0 heterocycles. The Hall–Kier alpha value is -1.55. The molecule has 0 aliphatic carbocycles. The number of carbonyl (C=O) groups is 1. The van der Waals surface area contributed by atoms with E-state index in [1.807, 2.05) is 51.1 Å². The number of hydrogen-bond donors (Lipinski definition) is 1. The van der Waals surface area contributed by atoms with E-state index in [2.05, 4.69) is 5.32 Å². The van der Waals surface area contributed by atoms with Crippen molar-refractivity contribution >= 4 is 6.09 Å². The largest absolute Gasteiger partial charge is 0.444 e. The number of alkyl carbamates (subject to hydrolysis) is 1. The summed E-state index contributed by atoms with van der Waals surface area (Å²) in [5.41, 5.74) is 0.489. The number of benzene rings is 1. The van der Waals surface area contributed by atoms with Crippen LogP contribution in [-0.4, -0.2) is 25.4 Å². The minimum absolute atomic E-state index is 0.203. The van der Waals surface area contributed by atoms with Gasteiger partial charge in [0, 0.05) is 7.11 Å². The second kappa shape index (κ2) is 6.40. The molecule has 0 spiro atoms. The van der Waals surface area contributed by atoms with Gasteiger partial charge in [0.15, 0.2) is 0 Å². The van der Waals surface area contributed by atoms with Gasteiger partial charge in [-0.05, 0) is 26.3 Å². The third-order valence-electron chi connectivity index (χ3n) is 2.23. The third kappa shape index (κ3) is 5.19. The maximum absolute atomic E-state index is 11.7. The molecule has 1 unspecified atom stereocenters. The van der Waals surface area contributed by atoms with E-state index in [-0.39, 0.29) is 6.04 Å². The molecule has 4 heteroatoms. The summed E-state index contributed by atoms with van der Waals surface area (Å²) in [6.45, 7) is 5.91. The Morgan fingerprint density at radius 1 is 1.28 bits per heavy atom. The number of amides is 1. The summed E-state index contributed by atoms with van der Waals surface area (Å²) < 4.78 is 10.3. The van der Waals surface area contributed by atoms with Gasteiger partial charge >= 0.3 is 6.09 Å². The molecular weight excluding hydrogens is 230 g/mol. The second-order valence-corrected chi connectivity index (χ2v) is 5.06. The first-order valence-corrected chi connectivity index (χ1v) is 5.96. The molecule has 0 saturated heterocycles. The Bertz CT molecular complexity index is 370. The highest BCUT2D eigenvalue weighted by Crippen LogP contribution is 2.14. The van der Waals surface area contributed by atoms with Gasteiger partial charge in [-0.15, -0.1) is 0 Å². The molecule has 100 valence electrons. The number of nitrogens with one attached hydrogen (secondary N) is 1. The number of hydrogen-bond acceptors (Lipinski definition) is 3. The van der Waals surface area contributed by atoms with Gasteiger partial charge in [0.25, 0.3) is 0 Å². The fourth-order valence-corrected chi connectivity index (χ4v) is 1.52. The average Bonchev–Trinajstić information content (AvgIpc) is 2.27. The Kier molecular flexibility index (Phi) is 5.16. The number of carbonyl (C=O) groups excluding carboxylic acids is 1. The number of methoxy groups -OCH3 is 1. The molecule has 1 rings (SSSR count). The van der Waals surface area contributed by atoms with Crippen LogP contribution in [-0.2, 0) is 9.47 Å². The maximum atomic E-state index is 11.7. The predicted octanol–water partition coefficient (Wildman–Crippen LogP) is 2.90. The summed E-state index contributed by atoms with van der Waals surface area (Å²) in [7, 11) is 1.60. The molecule has 1 aromatic rings. The van der Waals surface area contributed by atoms with E-state index in [9.17, 15) is 4.79 Å². The summed E-state index contributed by atoms with van der Waals surface area (Å²) in [6, 6.07) is 9.47. The fraction of sp³-hybridized carbons (Fsp3) is 0.500. The summed E-state index contributed by atoms with van der Waals surface area (Å²) in [4.78, 5) is 11.7. The van der Waals surface area contributed by atoms with E-state index in [0.29, 0.717) is 6.61 Å². The van der Waals surface area contributed by atoms with Crippen LogP contribution >= 0.6 is 0 Å². The summed E-state index contributed by atoms with van der Waals surface area (Å²) in [6.07, 6.45) is -0.437. The summed E-state index contributed by atoms with van der Waals surface area (Å²) >= 11 is 0. The predicted molar refractivity (Wildman–Crippen MR) is 70.4 cm³/mol. The highest BCUT2D eigenvalue weighted by molar-refractivity contribution is 5.68. The molecule has 1 amide bonds. The normalized spacial score (nSPS) is 12.9. The number of ether oxygens (including phenoxy) is 2. The maximum Gasteiger partial charge on any atom is 0.408 e. The molecule has 1 N–H and O–H groups in total. The van der Waals surface area contributed by atoms with Gasteiger partial charge in [0.05, 0.1) is 12.6 Å². The number of rotatable bonds is 4. The molecule has 0 bridgehead atoms. The molecule has 0 saturated carbocycles. The zero-order chi connectivity index (χ0) is 13.6. The van der Waals surface area contributed by atoms with Crippen molar-refractivity contribution in [1.29, 1.82) is 0 Å². The van der Waals surface area contributed by atoms with Crippen LogP contribution in [0.2, 0.25) is 0 Å². The molecule has 0 radical (unpaired) electrons. The average molecular weight is 251 g/mol. The van der Waals surface area contributed by atoms with Gasteiger partial charge in [0.2, 0.25) is 0 Å². The monoisotopic (exact) mass is 251 g/mol. The van der Waals surface area contributed by atoms with Crippen LogP contribution in [0, 0.1) is 0 Å². The first-order chi connectivity index (χ1) is 8.42. The first-order valence-electron chi connectivity index (χ1n) is 5.96. The van der Waals surface area contributed by atoms with Crippen LogP contribution in [0.4, 0.5) is 4.79 Å². The van der Waals surface area contributed by atoms with Crippen molar-refractivity contribution in [3.05, 3.63) is 35.9 Å². The van der Waals surface area contributed by atoms with Gasteiger partial charge in [-0.3, -0.25) is 0 Å². The lowest BCUT2D eigenvalue weighted by Crippen LogP contribution is -2.36. The Balaban J connectivity index is 2.67.